The summed E-state index contributed by atoms with van der Waals surface area (Å²) in [6.45, 7) is 0. The Labute approximate surface area is 114 Å². The van der Waals surface area contributed by atoms with E-state index < -0.39 is 0 Å². The lowest BCUT2D eigenvalue weighted by molar-refractivity contribution is 0.289. The van der Waals surface area contributed by atoms with Gasteiger partial charge in [0.15, 0.2) is 0 Å². The largest absolute Gasteiger partial charge is 0.328 e. The summed E-state index contributed by atoms with van der Waals surface area (Å²) in [4.78, 5) is 0. The number of hydrogen-bond donors (Lipinski definition) is 2. The minimum Gasteiger partial charge on any atom is -0.328 e. The second kappa shape index (κ2) is 4.32. The zero-order valence-electron chi connectivity index (χ0n) is 11.0. The minimum atomic E-state index is 0.440. The molecular weight excluding hydrogens is 232 g/mol. The Morgan fingerprint density at radius 2 is 1.74 bits per heavy atom. The van der Waals surface area contributed by atoms with Crippen LogP contribution in [-0.4, -0.2) is 18.1 Å². The molecule has 2 aromatic rings. The third-order valence-corrected chi connectivity index (χ3v) is 4.62. The predicted molar refractivity (Wildman–Crippen MR) is 79.2 cm³/mol. The summed E-state index contributed by atoms with van der Waals surface area (Å²) < 4.78 is 0. The fourth-order valence-corrected chi connectivity index (χ4v) is 3.29. The van der Waals surface area contributed by atoms with Gasteiger partial charge in [0.2, 0.25) is 0 Å². The summed E-state index contributed by atoms with van der Waals surface area (Å²) in [5.41, 5.74) is 7.32. The predicted octanol–water partition coefficient (Wildman–Crippen LogP) is 2.78. The van der Waals surface area contributed by atoms with E-state index in [9.17, 15) is 0 Å². The smallest absolute Gasteiger partial charge is 0.0145 e. The van der Waals surface area contributed by atoms with Crippen LogP contribution < -0.4 is 11.1 Å². The highest BCUT2D eigenvalue weighted by Gasteiger charge is 2.41. The van der Waals surface area contributed by atoms with Gasteiger partial charge < -0.3 is 11.1 Å². The normalized spacial score (nSPS) is 33.1. The molecule has 98 valence electrons. The lowest BCUT2D eigenvalue weighted by Gasteiger charge is -2.33. The molecule has 0 aromatic heterocycles. The SMILES string of the molecule is N[C@H]1C[C@@H](N[C@H]2C[C@@H]2c2ccc3ccccc3c2)C1. The molecule has 19 heavy (non-hydrogen) atoms. The van der Waals surface area contributed by atoms with Gasteiger partial charge in [-0.25, -0.2) is 0 Å². The third kappa shape index (κ3) is 2.15. The molecule has 0 bridgehead atoms. The van der Waals surface area contributed by atoms with Gasteiger partial charge >= 0.3 is 0 Å². The molecule has 2 saturated carbocycles. The first-order valence-electron chi connectivity index (χ1n) is 7.30. The van der Waals surface area contributed by atoms with Crippen LogP contribution in [0.1, 0.15) is 30.7 Å². The summed E-state index contributed by atoms with van der Waals surface area (Å²) in [6, 6.07) is 17.3. The Balaban J connectivity index is 1.47. The molecular formula is C17H20N2. The Kier molecular flexibility index (Phi) is 2.61. The molecule has 4 rings (SSSR count). The van der Waals surface area contributed by atoms with Crippen LogP contribution in [-0.2, 0) is 0 Å². The molecule has 2 aliphatic rings. The molecule has 0 aliphatic heterocycles. The van der Waals surface area contributed by atoms with Crippen molar-refractivity contribution < 1.29 is 0 Å². The van der Waals surface area contributed by atoms with Gasteiger partial charge in [0.1, 0.15) is 0 Å². The summed E-state index contributed by atoms with van der Waals surface area (Å²) in [5, 5.41) is 6.43. The van der Waals surface area contributed by atoms with Crippen molar-refractivity contribution in [3.8, 4) is 0 Å². The molecule has 0 saturated heterocycles. The van der Waals surface area contributed by atoms with E-state index in [1.54, 1.807) is 0 Å². The zero-order chi connectivity index (χ0) is 12.8. The van der Waals surface area contributed by atoms with E-state index in [1.807, 2.05) is 0 Å². The molecule has 0 radical (unpaired) electrons. The van der Waals surface area contributed by atoms with Crippen LogP contribution in [0.2, 0.25) is 0 Å². The van der Waals surface area contributed by atoms with E-state index in [2.05, 4.69) is 47.8 Å². The fourth-order valence-electron chi connectivity index (χ4n) is 3.29. The van der Waals surface area contributed by atoms with Crippen molar-refractivity contribution in [2.24, 2.45) is 5.73 Å². The maximum absolute atomic E-state index is 5.83. The van der Waals surface area contributed by atoms with E-state index in [4.69, 9.17) is 5.73 Å². The van der Waals surface area contributed by atoms with Crippen LogP contribution in [0.3, 0.4) is 0 Å². The van der Waals surface area contributed by atoms with Crippen molar-refractivity contribution in [2.75, 3.05) is 0 Å². The maximum atomic E-state index is 5.83. The minimum absolute atomic E-state index is 0.440. The monoisotopic (exact) mass is 252 g/mol. The van der Waals surface area contributed by atoms with Crippen LogP contribution in [0.15, 0.2) is 42.5 Å². The molecule has 2 aliphatic carbocycles. The number of benzene rings is 2. The lowest BCUT2D eigenvalue weighted by atomic mass is 9.87. The van der Waals surface area contributed by atoms with Gasteiger partial charge in [-0.05, 0) is 35.6 Å². The van der Waals surface area contributed by atoms with Gasteiger partial charge in [0.25, 0.3) is 0 Å². The molecule has 2 atom stereocenters. The molecule has 3 N–H and O–H groups in total. The summed E-state index contributed by atoms with van der Waals surface area (Å²) in [5.74, 6) is 0.710. The average Bonchev–Trinajstić information content (AvgIpc) is 3.16. The molecule has 2 fully saturated rings. The van der Waals surface area contributed by atoms with Crippen molar-refractivity contribution in [2.45, 2.75) is 43.3 Å². The van der Waals surface area contributed by atoms with E-state index >= 15 is 0 Å². The molecule has 2 heteroatoms. The van der Waals surface area contributed by atoms with Gasteiger partial charge in [0, 0.05) is 24.0 Å². The van der Waals surface area contributed by atoms with Gasteiger partial charge in [-0.2, -0.15) is 0 Å². The van der Waals surface area contributed by atoms with Crippen LogP contribution in [0, 0.1) is 0 Å². The first kappa shape index (κ1) is 11.4. The van der Waals surface area contributed by atoms with Crippen molar-refractivity contribution >= 4 is 10.8 Å². The quantitative estimate of drug-likeness (QED) is 0.881. The van der Waals surface area contributed by atoms with Crippen molar-refractivity contribution in [1.82, 2.24) is 5.32 Å². The standard InChI is InChI=1S/C17H20N2/c18-14-8-15(9-14)19-17-10-16(17)13-6-5-11-3-1-2-4-12(11)7-13/h1-7,14-17,19H,8-10,18H2/t14-,15+,16-,17+/m1/s1. The van der Waals surface area contributed by atoms with Crippen LogP contribution in [0.5, 0.6) is 0 Å². The first-order valence-corrected chi connectivity index (χ1v) is 7.30. The topological polar surface area (TPSA) is 38.0 Å². The Bertz CT molecular complexity index is 601. The molecule has 0 unspecified atom stereocenters. The number of hydrogen-bond acceptors (Lipinski definition) is 2. The van der Waals surface area contributed by atoms with Crippen LogP contribution in [0.4, 0.5) is 0 Å². The van der Waals surface area contributed by atoms with Gasteiger partial charge in [-0.15, -0.1) is 0 Å². The number of nitrogens with one attached hydrogen (secondary N) is 1. The van der Waals surface area contributed by atoms with Gasteiger partial charge in [-0.3, -0.25) is 0 Å². The molecule has 0 amide bonds. The van der Waals surface area contributed by atoms with E-state index in [1.165, 1.54) is 22.8 Å². The van der Waals surface area contributed by atoms with E-state index in [-0.39, 0.29) is 0 Å². The summed E-state index contributed by atoms with van der Waals surface area (Å²) in [6.07, 6.45) is 3.59. The zero-order valence-corrected chi connectivity index (χ0v) is 11.0. The second-order valence-corrected chi connectivity index (χ2v) is 6.15. The summed E-state index contributed by atoms with van der Waals surface area (Å²) >= 11 is 0. The van der Waals surface area contributed by atoms with Crippen LogP contribution in [0.25, 0.3) is 10.8 Å². The van der Waals surface area contributed by atoms with Gasteiger partial charge in [0.05, 0.1) is 0 Å². The highest BCUT2D eigenvalue weighted by Crippen LogP contribution is 2.42. The van der Waals surface area contributed by atoms with Crippen molar-refractivity contribution in [1.29, 1.82) is 0 Å². The highest BCUT2D eigenvalue weighted by molar-refractivity contribution is 5.83. The lowest BCUT2D eigenvalue weighted by Crippen LogP contribution is -2.49. The number of fused-ring (bicyclic) bond motifs is 1. The Morgan fingerprint density at radius 3 is 2.53 bits per heavy atom. The Morgan fingerprint density at radius 1 is 0.947 bits per heavy atom. The number of nitrogens with two attached hydrogens (primary N) is 1. The van der Waals surface area contributed by atoms with Crippen molar-refractivity contribution in [3.63, 3.8) is 0 Å². The molecule has 0 spiro atoms. The third-order valence-electron chi connectivity index (χ3n) is 4.62. The maximum Gasteiger partial charge on any atom is 0.0145 e. The van der Waals surface area contributed by atoms with Crippen LogP contribution >= 0.6 is 0 Å². The second-order valence-electron chi connectivity index (χ2n) is 6.15. The summed E-state index contributed by atoms with van der Waals surface area (Å²) in [7, 11) is 0. The molecule has 2 nitrogen and oxygen atoms in total. The fraction of sp³-hybridized carbons (Fsp3) is 0.412. The van der Waals surface area contributed by atoms with Crippen molar-refractivity contribution in [3.05, 3.63) is 48.0 Å². The van der Waals surface area contributed by atoms with Gasteiger partial charge in [-0.1, -0.05) is 42.5 Å². The first-order chi connectivity index (χ1) is 9.29. The number of rotatable bonds is 3. The molecule has 2 aromatic carbocycles. The Hall–Kier alpha value is -1.38. The highest BCUT2D eigenvalue weighted by atomic mass is 15.0. The van der Waals surface area contributed by atoms with E-state index in [0.29, 0.717) is 24.0 Å². The average molecular weight is 252 g/mol. The molecule has 0 heterocycles. The van der Waals surface area contributed by atoms with E-state index in [0.717, 1.165) is 12.8 Å².